The Kier molecular flexibility index (Phi) is 2.45. The molecular formula is C10H15NO2. The number of hydrogen-bond donors (Lipinski definition) is 0. The van der Waals surface area contributed by atoms with Gasteiger partial charge in [-0.25, -0.2) is 4.79 Å². The highest BCUT2D eigenvalue weighted by Gasteiger charge is 2.19. The SMILES string of the molecule is Cn1cccc1C(=O)OC(C)(C)C. The third-order valence-corrected chi connectivity index (χ3v) is 1.55. The Balaban J connectivity index is 2.76. The molecule has 0 aromatic carbocycles. The molecule has 1 heterocycles. The monoisotopic (exact) mass is 181 g/mol. The number of carbonyl (C=O) groups excluding carboxylic acids is 1. The van der Waals surface area contributed by atoms with Crippen LogP contribution in [0.5, 0.6) is 0 Å². The zero-order chi connectivity index (χ0) is 10.1. The van der Waals surface area contributed by atoms with Crippen molar-refractivity contribution in [3.8, 4) is 0 Å². The maximum absolute atomic E-state index is 11.5. The highest BCUT2D eigenvalue weighted by Crippen LogP contribution is 2.11. The van der Waals surface area contributed by atoms with Gasteiger partial charge in [-0.3, -0.25) is 0 Å². The van der Waals surface area contributed by atoms with Crippen LogP contribution in [0.25, 0.3) is 0 Å². The van der Waals surface area contributed by atoms with Gasteiger partial charge in [0.2, 0.25) is 0 Å². The molecule has 0 unspecified atom stereocenters. The van der Waals surface area contributed by atoms with Crippen LogP contribution in [-0.4, -0.2) is 16.1 Å². The van der Waals surface area contributed by atoms with Gasteiger partial charge in [-0.05, 0) is 32.9 Å². The van der Waals surface area contributed by atoms with E-state index in [-0.39, 0.29) is 5.97 Å². The van der Waals surface area contributed by atoms with Gasteiger partial charge in [-0.15, -0.1) is 0 Å². The topological polar surface area (TPSA) is 31.2 Å². The van der Waals surface area contributed by atoms with E-state index in [0.717, 1.165) is 0 Å². The number of nitrogens with zero attached hydrogens (tertiary/aromatic N) is 1. The minimum absolute atomic E-state index is 0.278. The van der Waals surface area contributed by atoms with E-state index < -0.39 is 5.60 Å². The molecule has 0 amide bonds. The highest BCUT2D eigenvalue weighted by atomic mass is 16.6. The first-order chi connectivity index (χ1) is 5.90. The van der Waals surface area contributed by atoms with Crippen LogP contribution in [0.15, 0.2) is 18.3 Å². The fourth-order valence-corrected chi connectivity index (χ4v) is 1.00. The van der Waals surface area contributed by atoms with Crippen molar-refractivity contribution in [3.05, 3.63) is 24.0 Å². The minimum Gasteiger partial charge on any atom is -0.455 e. The number of rotatable bonds is 1. The lowest BCUT2D eigenvalue weighted by molar-refractivity contribution is 0.00591. The summed E-state index contributed by atoms with van der Waals surface area (Å²) in [5, 5.41) is 0. The predicted molar refractivity (Wildman–Crippen MR) is 50.6 cm³/mol. The van der Waals surface area contributed by atoms with Crippen molar-refractivity contribution in [2.24, 2.45) is 7.05 Å². The Morgan fingerprint density at radius 2 is 2.08 bits per heavy atom. The second-order valence-electron chi connectivity index (χ2n) is 4.01. The molecule has 72 valence electrons. The summed E-state index contributed by atoms with van der Waals surface area (Å²) < 4.78 is 6.95. The van der Waals surface area contributed by atoms with Crippen LogP contribution in [-0.2, 0) is 11.8 Å². The molecule has 0 saturated carbocycles. The second kappa shape index (κ2) is 3.24. The van der Waals surface area contributed by atoms with Crippen molar-refractivity contribution in [2.75, 3.05) is 0 Å². The van der Waals surface area contributed by atoms with Gasteiger partial charge in [0.15, 0.2) is 0 Å². The van der Waals surface area contributed by atoms with Gasteiger partial charge in [0.1, 0.15) is 11.3 Å². The van der Waals surface area contributed by atoms with Crippen LogP contribution in [0.2, 0.25) is 0 Å². The lowest BCUT2D eigenvalue weighted by atomic mass is 10.2. The predicted octanol–water partition coefficient (Wildman–Crippen LogP) is 1.98. The normalized spacial score (nSPS) is 11.4. The molecule has 3 nitrogen and oxygen atoms in total. The highest BCUT2D eigenvalue weighted by molar-refractivity contribution is 5.87. The first kappa shape index (κ1) is 9.84. The molecule has 1 aromatic heterocycles. The van der Waals surface area contributed by atoms with E-state index >= 15 is 0 Å². The van der Waals surface area contributed by atoms with Crippen molar-refractivity contribution in [2.45, 2.75) is 26.4 Å². The zero-order valence-corrected chi connectivity index (χ0v) is 8.50. The Morgan fingerprint density at radius 1 is 1.46 bits per heavy atom. The van der Waals surface area contributed by atoms with Gasteiger partial charge in [0, 0.05) is 13.2 Å². The smallest absolute Gasteiger partial charge is 0.355 e. The van der Waals surface area contributed by atoms with Crippen molar-refractivity contribution >= 4 is 5.97 Å². The zero-order valence-electron chi connectivity index (χ0n) is 8.50. The third kappa shape index (κ3) is 2.61. The molecule has 0 bridgehead atoms. The maximum Gasteiger partial charge on any atom is 0.355 e. The second-order valence-corrected chi connectivity index (χ2v) is 4.01. The first-order valence-corrected chi connectivity index (χ1v) is 4.25. The standard InChI is InChI=1S/C10H15NO2/c1-10(2,3)13-9(12)8-6-5-7-11(8)4/h5-7H,1-4H3. The fraction of sp³-hybridized carbons (Fsp3) is 0.500. The molecule has 0 aliphatic carbocycles. The van der Waals surface area contributed by atoms with Gasteiger partial charge < -0.3 is 9.30 Å². The van der Waals surface area contributed by atoms with Gasteiger partial charge >= 0.3 is 5.97 Å². The molecular weight excluding hydrogens is 166 g/mol. The molecule has 1 rings (SSSR count). The Hall–Kier alpha value is -1.25. The summed E-state index contributed by atoms with van der Waals surface area (Å²) in [6, 6.07) is 3.56. The van der Waals surface area contributed by atoms with Crippen molar-refractivity contribution in [3.63, 3.8) is 0 Å². The summed E-state index contributed by atoms with van der Waals surface area (Å²) >= 11 is 0. The van der Waals surface area contributed by atoms with Crippen molar-refractivity contribution in [1.29, 1.82) is 0 Å². The fourth-order valence-electron chi connectivity index (χ4n) is 1.00. The van der Waals surface area contributed by atoms with E-state index in [1.54, 1.807) is 10.6 Å². The number of ether oxygens (including phenoxy) is 1. The number of carbonyl (C=O) groups is 1. The van der Waals surface area contributed by atoms with Gasteiger partial charge in [-0.1, -0.05) is 0 Å². The van der Waals surface area contributed by atoms with E-state index in [4.69, 9.17) is 4.74 Å². The van der Waals surface area contributed by atoms with Crippen LogP contribution in [0.1, 0.15) is 31.3 Å². The molecule has 0 atom stereocenters. The number of esters is 1. The van der Waals surface area contributed by atoms with E-state index in [2.05, 4.69) is 0 Å². The van der Waals surface area contributed by atoms with E-state index in [1.165, 1.54) is 0 Å². The largest absolute Gasteiger partial charge is 0.455 e. The lowest BCUT2D eigenvalue weighted by Gasteiger charge is -2.19. The quantitative estimate of drug-likeness (QED) is 0.620. The average Bonchev–Trinajstić information content (AvgIpc) is 2.30. The molecule has 0 N–H and O–H groups in total. The third-order valence-electron chi connectivity index (χ3n) is 1.55. The number of hydrogen-bond acceptors (Lipinski definition) is 2. The van der Waals surface area contributed by atoms with Crippen LogP contribution in [0.3, 0.4) is 0 Å². The molecule has 13 heavy (non-hydrogen) atoms. The van der Waals surface area contributed by atoms with E-state index in [1.807, 2.05) is 40.1 Å². The number of aryl methyl sites for hydroxylation is 1. The summed E-state index contributed by atoms with van der Waals surface area (Å²) in [5.74, 6) is -0.278. The summed E-state index contributed by atoms with van der Waals surface area (Å²) in [7, 11) is 1.82. The maximum atomic E-state index is 11.5. The van der Waals surface area contributed by atoms with Crippen LogP contribution in [0, 0.1) is 0 Å². The molecule has 3 heteroatoms. The summed E-state index contributed by atoms with van der Waals surface area (Å²) in [6.45, 7) is 5.56. The number of aromatic nitrogens is 1. The molecule has 0 radical (unpaired) electrons. The Morgan fingerprint density at radius 3 is 2.46 bits per heavy atom. The molecule has 0 spiro atoms. The Labute approximate surface area is 78.3 Å². The van der Waals surface area contributed by atoms with Gasteiger partial charge in [0.25, 0.3) is 0 Å². The Bertz CT molecular complexity index is 307. The molecule has 1 aromatic rings. The molecule has 0 fully saturated rings. The van der Waals surface area contributed by atoms with Crippen LogP contribution >= 0.6 is 0 Å². The first-order valence-electron chi connectivity index (χ1n) is 4.25. The summed E-state index contributed by atoms with van der Waals surface area (Å²) in [4.78, 5) is 11.5. The van der Waals surface area contributed by atoms with Crippen LogP contribution < -0.4 is 0 Å². The lowest BCUT2D eigenvalue weighted by Crippen LogP contribution is -2.25. The summed E-state index contributed by atoms with van der Waals surface area (Å²) in [5.41, 5.74) is 0.149. The van der Waals surface area contributed by atoms with Crippen molar-refractivity contribution in [1.82, 2.24) is 4.57 Å². The minimum atomic E-state index is -0.429. The summed E-state index contributed by atoms with van der Waals surface area (Å²) in [6.07, 6.45) is 1.82. The van der Waals surface area contributed by atoms with Gasteiger partial charge in [0.05, 0.1) is 0 Å². The molecule has 0 aliphatic heterocycles. The van der Waals surface area contributed by atoms with E-state index in [9.17, 15) is 4.79 Å². The average molecular weight is 181 g/mol. The van der Waals surface area contributed by atoms with E-state index in [0.29, 0.717) is 5.69 Å². The molecule has 0 aliphatic rings. The van der Waals surface area contributed by atoms with Gasteiger partial charge in [-0.2, -0.15) is 0 Å². The molecule has 0 saturated heterocycles. The van der Waals surface area contributed by atoms with Crippen LogP contribution in [0.4, 0.5) is 0 Å². The van der Waals surface area contributed by atoms with Crippen molar-refractivity contribution < 1.29 is 9.53 Å².